The molecular weight excluding hydrogens is 204 g/mol. The van der Waals surface area contributed by atoms with E-state index in [9.17, 15) is 9.59 Å². The van der Waals surface area contributed by atoms with Crippen LogP contribution in [0.25, 0.3) is 0 Å². The lowest BCUT2D eigenvalue weighted by Crippen LogP contribution is -2.38. The Balaban J connectivity index is 2.69. The number of thiazole rings is 1. The summed E-state index contributed by atoms with van der Waals surface area (Å²) in [7, 11) is 0. The monoisotopic (exact) mass is 214 g/mol. The lowest BCUT2D eigenvalue weighted by Gasteiger charge is -2.07. The average molecular weight is 214 g/mol. The van der Waals surface area contributed by atoms with Crippen molar-refractivity contribution in [3.63, 3.8) is 0 Å². The molecule has 1 heterocycles. The Morgan fingerprint density at radius 1 is 1.64 bits per heavy atom. The molecule has 0 aliphatic carbocycles. The first-order chi connectivity index (χ1) is 6.52. The number of carbonyl (C=O) groups excluding carboxylic acids is 1. The lowest BCUT2D eigenvalue weighted by molar-refractivity contribution is -0.138. The van der Waals surface area contributed by atoms with Crippen molar-refractivity contribution < 1.29 is 14.7 Å². The van der Waals surface area contributed by atoms with Gasteiger partial charge < -0.3 is 10.4 Å². The third-order valence-electron chi connectivity index (χ3n) is 1.67. The smallest absolute Gasteiger partial charge is 0.325 e. The first kappa shape index (κ1) is 10.6. The molecule has 0 aliphatic rings. The highest BCUT2D eigenvalue weighted by Crippen LogP contribution is 2.11. The fraction of sp³-hybridized carbons (Fsp3) is 0.375. The first-order valence-electron chi connectivity index (χ1n) is 3.96. The molecule has 0 aromatic carbocycles. The molecule has 0 aliphatic heterocycles. The van der Waals surface area contributed by atoms with E-state index in [0.717, 1.165) is 0 Å². The normalized spacial score (nSPS) is 12.1. The molecule has 5 nitrogen and oxygen atoms in total. The summed E-state index contributed by atoms with van der Waals surface area (Å²) in [5, 5.41) is 10.9. The van der Waals surface area contributed by atoms with E-state index in [1.165, 1.54) is 18.3 Å². The van der Waals surface area contributed by atoms with Crippen molar-refractivity contribution in [1.29, 1.82) is 0 Å². The van der Waals surface area contributed by atoms with Crippen molar-refractivity contribution in [2.45, 2.75) is 19.9 Å². The molecule has 1 rings (SSSR count). The van der Waals surface area contributed by atoms with Crippen molar-refractivity contribution in [2.24, 2.45) is 0 Å². The molecule has 0 bridgehead atoms. The fourth-order valence-corrected chi connectivity index (χ4v) is 1.55. The van der Waals surface area contributed by atoms with Gasteiger partial charge in [0.1, 0.15) is 10.9 Å². The van der Waals surface area contributed by atoms with Gasteiger partial charge in [-0.3, -0.25) is 9.59 Å². The van der Waals surface area contributed by atoms with Gasteiger partial charge in [0, 0.05) is 0 Å². The van der Waals surface area contributed by atoms with Crippen LogP contribution < -0.4 is 5.32 Å². The summed E-state index contributed by atoms with van der Waals surface area (Å²) in [6.07, 6.45) is 0. The van der Waals surface area contributed by atoms with Crippen molar-refractivity contribution >= 4 is 23.2 Å². The molecule has 0 radical (unpaired) electrons. The highest BCUT2D eigenvalue weighted by atomic mass is 32.1. The second kappa shape index (κ2) is 4.19. The minimum Gasteiger partial charge on any atom is -0.480 e. The Morgan fingerprint density at radius 3 is 2.71 bits per heavy atom. The minimum atomic E-state index is -1.06. The predicted octanol–water partition coefficient (Wildman–Crippen LogP) is 0.654. The van der Waals surface area contributed by atoms with Crippen LogP contribution in [-0.2, 0) is 4.79 Å². The van der Waals surface area contributed by atoms with Gasteiger partial charge in [-0.1, -0.05) is 0 Å². The summed E-state index contributed by atoms with van der Waals surface area (Å²) in [6.45, 7) is 3.12. The number of aromatic nitrogens is 1. The number of nitrogens with one attached hydrogen (secondary N) is 1. The predicted molar refractivity (Wildman–Crippen MR) is 51.4 cm³/mol. The molecule has 0 fully saturated rings. The van der Waals surface area contributed by atoms with Gasteiger partial charge in [0.05, 0.1) is 11.2 Å². The number of amides is 1. The Morgan fingerprint density at radius 2 is 2.29 bits per heavy atom. The van der Waals surface area contributed by atoms with E-state index in [0.29, 0.717) is 10.6 Å². The SMILES string of the molecule is Cc1ncsc1C(=O)N[C@@H](C)C(=O)O. The third-order valence-corrected chi connectivity index (χ3v) is 2.60. The van der Waals surface area contributed by atoms with Gasteiger partial charge in [0.15, 0.2) is 0 Å². The van der Waals surface area contributed by atoms with Crippen molar-refractivity contribution in [1.82, 2.24) is 10.3 Å². The Kier molecular flexibility index (Phi) is 3.19. The number of hydrogen-bond donors (Lipinski definition) is 2. The first-order valence-corrected chi connectivity index (χ1v) is 4.84. The summed E-state index contributed by atoms with van der Waals surface area (Å²) in [6, 6.07) is -0.885. The number of rotatable bonds is 3. The zero-order chi connectivity index (χ0) is 10.7. The van der Waals surface area contributed by atoms with E-state index >= 15 is 0 Å². The molecule has 6 heteroatoms. The maximum Gasteiger partial charge on any atom is 0.325 e. The molecule has 14 heavy (non-hydrogen) atoms. The topological polar surface area (TPSA) is 79.3 Å². The zero-order valence-electron chi connectivity index (χ0n) is 7.77. The molecule has 0 saturated heterocycles. The largest absolute Gasteiger partial charge is 0.480 e. The second-order valence-electron chi connectivity index (χ2n) is 2.80. The molecule has 2 N–H and O–H groups in total. The van der Waals surface area contributed by atoms with Crippen LogP contribution in [0.4, 0.5) is 0 Å². The maximum absolute atomic E-state index is 11.4. The summed E-state index contributed by atoms with van der Waals surface area (Å²) < 4.78 is 0. The van der Waals surface area contributed by atoms with Crippen LogP contribution in [0.2, 0.25) is 0 Å². The van der Waals surface area contributed by atoms with Gasteiger partial charge in [-0.2, -0.15) is 0 Å². The van der Waals surface area contributed by atoms with Crippen LogP contribution in [0.1, 0.15) is 22.3 Å². The summed E-state index contributed by atoms with van der Waals surface area (Å²) >= 11 is 1.20. The van der Waals surface area contributed by atoms with E-state index in [-0.39, 0.29) is 5.91 Å². The number of carboxylic acid groups (broad SMARTS) is 1. The minimum absolute atomic E-state index is 0.389. The van der Waals surface area contributed by atoms with Gasteiger partial charge in [0.2, 0.25) is 0 Å². The molecule has 1 amide bonds. The number of carboxylic acids is 1. The highest BCUT2D eigenvalue weighted by Gasteiger charge is 2.17. The van der Waals surface area contributed by atoms with E-state index < -0.39 is 12.0 Å². The number of aryl methyl sites for hydroxylation is 1. The Labute approximate surface area is 84.8 Å². The van der Waals surface area contributed by atoms with Crippen LogP contribution >= 0.6 is 11.3 Å². The number of carbonyl (C=O) groups is 2. The number of hydrogen-bond acceptors (Lipinski definition) is 4. The van der Waals surface area contributed by atoms with Gasteiger partial charge in [0.25, 0.3) is 5.91 Å². The molecule has 1 aromatic rings. The van der Waals surface area contributed by atoms with Gasteiger partial charge in [-0.05, 0) is 13.8 Å². The lowest BCUT2D eigenvalue weighted by atomic mass is 10.3. The molecule has 1 atom stereocenters. The quantitative estimate of drug-likeness (QED) is 0.774. The van der Waals surface area contributed by atoms with Crippen LogP contribution in [0.5, 0.6) is 0 Å². The van der Waals surface area contributed by atoms with Crippen molar-refractivity contribution in [3.8, 4) is 0 Å². The van der Waals surface area contributed by atoms with Crippen LogP contribution in [-0.4, -0.2) is 28.0 Å². The molecule has 1 aromatic heterocycles. The highest BCUT2D eigenvalue weighted by molar-refractivity contribution is 7.11. The van der Waals surface area contributed by atoms with E-state index in [1.54, 1.807) is 12.4 Å². The maximum atomic E-state index is 11.4. The van der Waals surface area contributed by atoms with Crippen molar-refractivity contribution in [3.05, 3.63) is 16.1 Å². The zero-order valence-corrected chi connectivity index (χ0v) is 8.59. The van der Waals surface area contributed by atoms with Gasteiger partial charge in [-0.25, -0.2) is 4.98 Å². The molecule has 76 valence electrons. The number of nitrogens with zero attached hydrogens (tertiary/aromatic N) is 1. The molecular formula is C8H10N2O3S. The van der Waals surface area contributed by atoms with Crippen LogP contribution in [0.15, 0.2) is 5.51 Å². The van der Waals surface area contributed by atoms with Crippen LogP contribution in [0.3, 0.4) is 0 Å². The third kappa shape index (κ3) is 2.29. The van der Waals surface area contributed by atoms with E-state index in [1.807, 2.05) is 0 Å². The van der Waals surface area contributed by atoms with Gasteiger partial charge >= 0.3 is 5.97 Å². The van der Waals surface area contributed by atoms with Crippen molar-refractivity contribution in [2.75, 3.05) is 0 Å². The van der Waals surface area contributed by atoms with E-state index in [4.69, 9.17) is 5.11 Å². The fourth-order valence-electron chi connectivity index (χ4n) is 0.844. The summed E-state index contributed by atoms with van der Waals surface area (Å²) in [4.78, 5) is 26.3. The molecule has 0 saturated carbocycles. The summed E-state index contributed by atoms with van der Waals surface area (Å²) in [5.41, 5.74) is 2.17. The van der Waals surface area contributed by atoms with E-state index in [2.05, 4.69) is 10.3 Å². The molecule has 0 spiro atoms. The summed E-state index contributed by atoms with van der Waals surface area (Å²) in [5.74, 6) is -1.44. The Bertz CT molecular complexity index is 361. The molecule has 0 unspecified atom stereocenters. The van der Waals surface area contributed by atoms with Crippen LogP contribution in [0, 0.1) is 6.92 Å². The average Bonchev–Trinajstić information content (AvgIpc) is 2.51. The Hall–Kier alpha value is -1.43. The standard InChI is InChI=1S/C8H10N2O3S/c1-4-6(14-3-9-4)7(11)10-5(2)8(12)13/h3,5H,1-2H3,(H,10,11)(H,12,13)/t5-/m0/s1. The van der Waals surface area contributed by atoms with Gasteiger partial charge in [-0.15, -0.1) is 11.3 Å². The second-order valence-corrected chi connectivity index (χ2v) is 3.66. The number of aliphatic carboxylic acids is 1.